The van der Waals surface area contributed by atoms with Crippen molar-refractivity contribution in [1.82, 2.24) is 19.6 Å². The summed E-state index contributed by atoms with van der Waals surface area (Å²) in [7, 11) is 2.11. The Morgan fingerprint density at radius 2 is 1.47 bits per heavy atom. The number of likely N-dealkylation sites (tertiary alicyclic amines) is 2. The highest BCUT2D eigenvalue weighted by Gasteiger charge is 2.59. The predicted molar refractivity (Wildman–Crippen MR) is 115 cm³/mol. The molecule has 1 aliphatic carbocycles. The maximum Gasteiger partial charge on any atom is 0.245 e. The van der Waals surface area contributed by atoms with Crippen LogP contribution in [0.15, 0.2) is 0 Å². The van der Waals surface area contributed by atoms with E-state index in [2.05, 4.69) is 11.9 Å². The Labute approximate surface area is 180 Å². The van der Waals surface area contributed by atoms with E-state index in [-0.39, 0.29) is 35.1 Å². The monoisotopic (exact) mass is 418 g/mol. The normalized spacial score (nSPS) is 29.4. The Hall–Kier alpha value is -1.63. The average molecular weight is 419 g/mol. The van der Waals surface area contributed by atoms with E-state index in [1.807, 2.05) is 28.5 Å². The van der Waals surface area contributed by atoms with Gasteiger partial charge in [0, 0.05) is 57.6 Å². The lowest BCUT2D eigenvalue weighted by molar-refractivity contribution is -0.150. The van der Waals surface area contributed by atoms with E-state index >= 15 is 0 Å². The van der Waals surface area contributed by atoms with E-state index in [4.69, 9.17) is 0 Å². The highest BCUT2D eigenvalue weighted by molar-refractivity contribution is 5.89. The zero-order valence-corrected chi connectivity index (χ0v) is 18.9. The maximum absolute atomic E-state index is 13.3. The lowest BCUT2D eigenvalue weighted by Crippen LogP contribution is -2.55. The number of hydrogen-bond acceptors (Lipinski definition) is 4. The quantitative estimate of drug-likeness (QED) is 0.696. The summed E-state index contributed by atoms with van der Waals surface area (Å²) in [6.07, 6.45) is 5.62. The molecule has 4 aliphatic rings. The maximum atomic E-state index is 13.3. The van der Waals surface area contributed by atoms with Crippen molar-refractivity contribution in [2.24, 2.45) is 17.3 Å². The molecule has 0 unspecified atom stereocenters. The second-order valence-electron chi connectivity index (χ2n) is 10.3. The van der Waals surface area contributed by atoms with Gasteiger partial charge in [-0.25, -0.2) is 0 Å². The third-order valence-electron chi connectivity index (χ3n) is 7.94. The largest absolute Gasteiger partial charge is 0.341 e. The van der Waals surface area contributed by atoms with Crippen LogP contribution in [0.5, 0.6) is 0 Å². The molecule has 0 aromatic carbocycles. The van der Waals surface area contributed by atoms with Gasteiger partial charge in [0.05, 0.1) is 0 Å². The van der Waals surface area contributed by atoms with Gasteiger partial charge in [-0.05, 0) is 51.0 Å². The van der Waals surface area contributed by atoms with Crippen molar-refractivity contribution in [3.63, 3.8) is 0 Å². The van der Waals surface area contributed by atoms with Gasteiger partial charge in [0.15, 0.2) is 0 Å². The van der Waals surface area contributed by atoms with Crippen LogP contribution in [0, 0.1) is 17.3 Å². The molecule has 2 atom stereocenters. The summed E-state index contributed by atoms with van der Waals surface area (Å²) < 4.78 is 0. The molecule has 4 rings (SSSR count). The number of rotatable bonds is 3. The van der Waals surface area contributed by atoms with Crippen LogP contribution in [-0.2, 0) is 14.4 Å². The third-order valence-corrected chi connectivity index (χ3v) is 7.94. The lowest BCUT2D eigenvalue weighted by atomic mass is 9.89. The summed E-state index contributed by atoms with van der Waals surface area (Å²) in [5.74, 6) is 0.647. The van der Waals surface area contributed by atoms with Crippen LogP contribution < -0.4 is 0 Å². The number of carbonyl (C=O) groups is 3. The first-order chi connectivity index (χ1) is 14.3. The number of hydrogen-bond donors (Lipinski definition) is 0. The number of piperazine rings is 1. The third kappa shape index (κ3) is 4.10. The van der Waals surface area contributed by atoms with Crippen LogP contribution in [-0.4, -0.2) is 96.2 Å². The van der Waals surface area contributed by atoms with Crippen LogP contribution in [0.3, 0.4) is 0 Å². The zero-order chi connectivity index (χ0) is 21.5. The second kappa shape index (κ2) is 8.48. The molecule has 3 saturated heterocycles. The van der Waals surface area contributed by atoms with Crippen molar-refractivity contribution in [1.29, 1.82) is 0 Å². The van der Waals surface area contributed by atoms with Gasteiger partial charge in [0.2, 0.25) is 17.7 Å². The summed E-state index contributed by atoms with van der Waals surface area (Å²) in [5.41, 5.74) is 0.122. The molecule has 7 heteroatoms. The number of likely N-dealkylation sites (N-methyl/N-ethyl adjacent to an activating group) is 1. The van der Waals surface area contributed by atoms with E-state index < -0.39 is 0 Å². The van der Waals surface area contributed by atoms with Crippen LogP contribution in [0.2, 0.25) is 0 Å². The summed E-state index contributed by atoms with van der Waals surface area (Å²) in [6, 6.07) is -0.287. The molecular formula is C23H38N4O3. The summed E-state index contributed by atoms with van der Waals surface area (Å²) in [4.78, 5) is 47.0. The first kappa shape index (κ1) is 21.6. The molecule has 1 saturated carbocycles. The summed E-state index contributed by atoms with van der Waals surface area (Å²) in [5, 5.41) is 0. The molecule has 3 amide bonds. The molecule has 0 bridgehead atoms. The molecule has 0 radical (unpaired) electrons. The predicted octanol–water partition coefficient (Wildman–Crippen LogP) is 1.43. The summed E-state index contributed by atoms with van der Waals surface area (Å²) in [6.45, 7) is 9.58. The first-order valence-electron chi connectivity index (χ1n) is 11.9. The van der Waals surface area contributed by atoms with Crippen molar-refractivity contribution in [2.75, 3.05) is 52.9 Å². The molecule has 30 heavy (non-hydrogen) atoms. The molecular weight excluding hydrogens is 380 g/mol. The molecule has 0 N–H and O–H groups in total. The Kier molecular flexibility index (Phi) is 6.11. The Balaban J connectivity index is 1.32. The number of amides is 3. The van der Waals surface area contributed by atoms with Crippen molar-refractivity contribution in [3.05, 3.63) is 0 Å². The molecule has 168 valence electrons. The molecule has 7 nitrogen and oxygen atoms in total. The van der Waals surface area contributed by atoms with Crippen LogP contribution in [0.1, 0.15) is 52.4 Å². The zero-order valence-electron chi connectivity index (χ0n) is 18.9. The second-order valence-corrected chi connectivity index (χ2v) is 10.3. The van der Waals surface area contributed by atoms with Crippen LogP contribution in [0.25, 0.3) is 0 Å². The standard InChI is InChI=1S/C23H38N4O3/c1-17(2)20(28)27-9-5-4-6-19(27)22(30)25-10-7-23(8-11-25)16-18(23)21(29)26-14-12-24(3)13-15-26/h17-19H,4-16H2,1-3H3/t18-,19-/m1/s1. The molecule has 3 aliphatic heterocycles. The van der Waals surface area contributed by atoms with E-state index in [1.54, 1.807) is 0 Å². The van der Waals surface area contributed by atoms with E-state index in [1.165, 1.54) is 0 Å². The number of carbonyl (C=O) groups excluding carboxylic acids is 3. The molecule has 3 heterocycles. The van der Waals surface area contributed by atoms with Crippen LogP contribution in [0.4, 0.5) is 0 Å². The van der Waals surface area contributed by atoms with Gasteiger partial charge >= 0.3 is 0 Å². The minimum Gasteiger partial charge on any atom is -0.341 e. The first-order valence-corrected chi connectivity index (χ1v) is 11.9. The van der Waals surface area contributed by atoms with Gasteiger partial charge in [0.25, 0.3) is 0 Å². The number of piperidine rings is 2. The average Bonchev–Trinajstić information content (AvgIpc) is 3.46. The molecule has 0 aromatic heterocycles. The molecule has 1 spiro atoms. The van der Waals surface area contributed by atoms with Gasteiger partial charge in [-0.2, -0.15) is 0 Å². The fourth-order valence-corrected chi connectivity index (χ4v) is 5.66. The van der Waals surface area contributed by atoms with Crippen LogP contribution >= 0.6 is 0 Å². The fourth-order valence-electron chi connectivity index (χ4n) is 5.66. The fraction of sp³-hybridized carbons (Fsp3) is 0.870. The highest BCUT2D eigenvalue weighted by Crippen LogP contribution is 2.60. The molecule has 0 aromatic rings. The smallest absolute Gasteiger partial charge is 0.245 e. The van der Waals surface area contributed by atoms with E-state index in [0.717, 1.165) is 77.8 Å². The van der Waals surface area contributed by atoms with Gasteiger partial charge < -0.3 is 19.6 Å². The van der Waals surface area contributed by atoms with Gasteiger partial charge in [-0.1, -0.05) is 13.8 Å². The Morgan fingerprint density at radius 3 is 2.10 bits per heavy atom. The Morgan fingerprint density at radius 1 is 0.833 bits per heavy atom. The van der Waals surface area contributed by atoms with E-state index in [0.29, 0.717) is 12.5 Å². The van der Waals surface area contributed by atoms with Crippen molar-refractivity contribution < 1.29 is 14.4 Å². The minimum atomic E-state index is -0.287. The SMILES string of the molecule is CC(C)C(=O)N1CCCC[C@@H]1C(=O)N1CCC2(CC1)C[C@@H]2C(=O)N1CCN(C)CC1. The van der Waals surface area contributed by atoms with Gasteiger partial charge in [-0.3, -0.25) is 14.4 Å². The van der Waals surface area contributed by atoms with Crippen molar-refractivity contribution >= 4 is 17.7 Å². The molecule has 4 fully saturated rings. The minimum absolute atomic E-state index is 0.0733. The summed E-state index contributed by atoms with van der Waals surface area (Å²) >= 11 is 0. The Bertz CT molecular complexity index is 678. The van der Waals surface area contributed by atoms with Gasteiger partial charge in [0.1, 0.15) is 6.04 Å². The van der Waals surface area contributed by atoms with E-state index in [9.17, 15) is 14.4 Å². The van der Waals surface area contributed by atoms with Crippen molar-refractivity contribution in [2.45, 2.75) is 58.4 Å². The van der Waals surface area contributed by atoms with Crippen molar-refractivity contribution in [3.8, 4) is 0 Å². The lowest BCUT2D eigenvalue weighted by Gasteiger charge is -2.41. The number of nitrogens with zero attached hydrogens (tertiary/aromatic N) is 4. The highest BCUT2D eigenvalue weighted by atomic mass is 16.2. The van der Waals surface area contributed by atoms with Gasteiger partial charge in [-0.15, -0.1) is 0 Å². The topological polar surface area (TPSA) is 64.2 Å².